The molecule has 0 atom stereocenters. The second-order valence-corrected chi connectivity index (χ2v) is 15.9. The van der Waals surface area contributed by atoms with Crippen LogP contribution in [0.15, 0.2) is 176 Å². The highest BCUT2D eigenvalue weighted by Gasteiger charge is 2.39. The molecule has 0 heterocycles. The molecule has 0 amide bonds. The second-order valence-electron chi connectivity index (χ2n) is 9.98. The second kappa shape index (κ2) is 11.9. The molecule has 6 rings (SSSR count). The van der Waals surface area contributed by atoms with E-state index in [4.69, 9.17) is 7.81 Å². The van der Waals surface area contributed by atoms with Gasteiger partial charge in [0.25, 0.3) is 0 Å². The van der Waals surface area contributed by atoms with E-state index < -0.39 is 30.5 Å². The maximum absolute atomic E-state index is 14.5. The van der Waals surface area contributed by atoms with Gasteiger partial charge in [0, 0.05) is 25.5 Å². The largest absolute Gasteiger partial charge is 0.378 e. The van der Waals surface area contributed by atoms with Crippen LogP contribution in [0.3, 0.4) is 0 Å². The number of hydrogen-bond acceptors (Lipinski definition) is 6. The molecule has 6 aromatic carbocycles. The van der Waals surface area contributed by atoms with Crippen molar-refractivity contribution >= 4 is 41.3 Å². The summed E-state index contributed by atoms with van der Waals surface area (Å²) in [5.41, 5.74) is 0.906. The van der Waals surface area contributed by atoms with Gasteiger partial charge in [-0.15, -0.1) is 0 Å². The van der Waals surface area contributed by atoms with Crippen LogP contribution >= 0.6 is 10.3 Å². The van der Waals surface area contributed by atoms with E-state index >= 15 is 0 Å². The van der Waals surface area contributed by atoms with Crippen LogP contribution in [0.2, 0.25) is 0 Å². The fourth-order valence-electron chi connectivity index (χ4n) is 4.94. The van der Waals surface area contributed by atoms with Gasteiger partial charge in [-0.3, -0.25) is 0 Å². The van der Waals surface area contributed by atoms with Crippen molar-refractivity contribution in [2.75, 3.05) is 0 Å². The molecule has 0 saturated carbocycles. The minimum absolute atomic E-state index is 0.00539. The molecular formula is C35H28O6S3. The smallest absolute Gasteiger partial charge is 0.339 e. The van der Waals surface area contributed by atoms with Gasteiger partial charge in [-0.25, -0.2) is 3.63 Å². The molecule has 222 valence electrons. The van der Waals surface area contributed by atoms with Crippen molar-refractivity contribution in [3.8, 4) is 5.75 Å². The van der Waals surface area contributed by atoms with Crippen LogP contribution in [-0.2, 0) is 23.9 Å². The third-order valence-electron chi connectivity index (χ3n) is 7.04. The Morgan fingerprint density at radius 3 is 1.39 bits per heavy atom. The first-order valence-corrected chi connectivity index (χ1v) is 18.1. The summed E-state index contributed by atoms with van der Waals surface area (Å²) in [4.78, 5) is 2.00. The zero-order valence-corrected chi connectivity index (χ0v) is 26.1. The first-order valence-electron chi connectivity index (χ1n) is 13.7. The number of hydrogen-bond donors (Lipinski definition) is 0. The summed E-state index contributed by atoms with van der Waals surface area (Å²) in [7, 11) is -11.5. The molecule has 0 saturated heterocycles. The molecule has 0 spiro atoms. The lowest BCUT2D eigenvalue weighted by atomic mass is 10.1. The standard InChI is InChI=1S/C35H28O6S3/c1-27-21-23-31(24-22-27)43(36,37)40-34-25-26-35(33-20-12-11-19-32(33)34)44(38,39)41-42(28-13-5-2-6-14-28,29-15-7-3-8-16-29)30-17-9-4-10-18-30/h2-26H,1H3. The van der Waals surface area contributed by atoms with E-state index in [1.165, 1.54) is 24.3 Å². The molecule has 0 aliphatic carbocycles. The molecule has 0 aliphatic rings. The van der Waals surface area contributed by atoms with Crippen LogP contribution in [0.5, 0.6) is 5.75 Å². The van der Waals surface area contributed by atoms with Crippen molar-refractivity contribution in [2.24, 2.45) is 0 Å². The van der Waals surface area contributed by atoms with E-state index in [1.54, 1.807) is 36.4 Å². The topological polar surface area (TPSA) is 86.7 Å². The first kappa shape index (κ1) is 29.7. The lowest BCUT2D eigenvalue weighted by Crippen LogP contribution is -2.15. The molecule has 0 aromatic heterocycles. The molecule has 44 heavy (non-hydrogen) atoms. The van der Waals surface area contributed by atoms with Gasteiger partial charge in [-0.1, -0.05) is 96.6 Å². The minimum Gasteiger partial charge on any atom is -0.378 e. The van der Waals surface area contributed by atoms with Crippen molar-refractivity contribution in [1.29, 1.82) is 0 Å². The van der Waals surface area contributed by atoms with E-state index in [2.05, 4.69) is 0 Å². The van der Waals surface area contributed by atoms with Gasteiger partial charge in [0.15, 0.2) is 5.75 Å². The molecule has 0 N–H and O–H groups in total. The summed E-state index contributed by atoms with van der Waals surface area (Å²) in [6.07, 6.45) is 0. The Kier molecular flexibility index (Phi) is 8.04. The van der Waals surface area contributed by atoms with Gasteiger partial charge in [0.1, 0.15) is 9.79 Å². The van der Waals surface area contributed by atoms with E-state index in [9.17, 15) is 16.8 Å². The first-order chi connectivity index (χ1) is 21.2. The SMILES string of the molecule is Cc1ccc(S(=O)(=O)Oc2ccc(S(=O)(=O)OS(c3ccccc3)(c3ccccc3)c3ccccc3)c3ccccc23)cc1. The van der Waals surface area contributed by atoms with E-state index in [0.717, 1.165) is 5.56 Å². The Balaban J connectivity index is 1.51. The molecule has 0 aliphatic heterocycles. The van der Waals surface area contributed by atoms with Crippen LogP contribution < -0.4 is 4.18 Å². The van der Waals surface area contributed by atoms with Crippen LogP contribution in [0.4, 0.5) is 0 Å². The summed E-state index contributed by atoms with van der Waals surface area (Å²) < 4.78 is 67.3. The monoisotopic (exact) mass is 640 g/mol. The number of rotatable bonds is 9. The minimum atomic E-state index is -4.47. The van der Waals surface area contributed by atoms with Crippen LogP contribution in [0, 0.1) is 6.92 Å². The zero-order valence-electron chi connectivity index (χ0n) is 23.6. The summed E-state index contributed by atoms with van der Waals surface area (Å²) in [5.74, 6) is 0.00733. The van der Waals surface area contributed by atoms with Crippen molar-refractivity contribution in [1.82, 2.24) is 0 Å². The molecule has 0 bridgehead atoms. The van der Waals surface area contributed by atoms with Crippen molar-refractivity contribution < 1.29 is 24.6 Å². The molecule has 0 unspecified atom stereocenters. The summed E-state index contributed by atoms with van der Waals surface area (Å²) in [6.45, 7) is 1.86. The van der Waals surface area contributed by atoms with Gasteiger partial charge in [-0.05, 0) is 77.9 Å². The predicted molar refractivity (Wildman–Crippen MR) is 173 cm³/mol. The zero-order chi connectivity index (χ0) is 30.8. The maximum Gasteiger partial charge on any atom is 0.339 e. The average Bonchev–Trinajstić information content (AvgIpc) is 3.05. The lowest BCUT2D eigenvalue weighted by Gasteiger charge is -2.39. The van der Waals surface area contributed by atoms with Crippen LogP contribution in [0.25, 0.3) is 10.8 Å². The fourth-order valence-corrected chi connectivity index (χ4v) is 11.3. The van der Waals surface area contributed by atoms with E-state index in [1.807, 2.05) is 97.9 Å². The van der Waals surface area contributed by atoms with Crippen LogP contribution in [-0.4, -0.2) is 16.8 Å². The van der Waals surface area contributed by atoms with Gasteiger partial charge >= 0.3 is 20.2 Å². The van der Waals surface area contributed by atoms with Crippen LogP contribution in [0.1, 0.15) is 5.56 Å². The molecule has 6 aromatic rings. The van der Waals surface area contributed by atoms with E-state index in [0.29, 0.717) is 20.1 Å². The van der Waals surface area contributed by atoms with Crippen molar-refractivity contribution in [3.63, 3.8) is 0 Å². The summed E-state index contributed by atoms with van der Waals surface area (Å²) in [6, 6.07) is 43.6. The van der Waals surface area contributed by atoms with Gasteiger partial charge in [0.05, 0.1) is 0 Å². The lowest BCUT2D eigenvalue weighted by molar-refractivity contribution is 0.488. The molecule has 9 heteroatoms. The Hall–Kier alpha value is -4.41. The van der Waals surface area contributed by atoms with Gasteiger partial charge < -0.3 is 4.18 Å². The Morgan fingerprint density at radius 1 is 0.432 bits per heavy atom. The molecule has 6 nitrogen and oxygen atoms in total. The van der Waals surface area contributed by atoms with Gasteiger partial charge in [0.2, 0.25) is 0 Å². The third-order valence-corrected chi connectivity index (χ3v) is 13.5. The van der Waals surface area contributed by atoms with Crippen molar-refractivity contribution in [3.05, 3.63) is 157 Å². The number of benzene rings is 6. The Bertz CT molecular complexity index is 2040. The predicted octanol–water partition coefficient (Wildman–Crippen LogP) is 8.52. The highest BCUT2D eigenvalue weighted by atomic mass is 32.3. The maximum atomic E-state index is 14.5. The third kappa shape index (κ3) is 5.62. The molecule has 0 fully saturated rings. The Morgan fingerprint density at radius 2 is 0.886 bits per heavy atom. The van der Waals surface area contributed by atoms with E-state index in [-0.39, 0.29) is 20.9 Å². The Labute approximate surface area is 259 Å². The summed E-state index contributed by atoms with van der Waals surface area (Å²) >= 11 is 0. The summed E-state index contributed by atoms with van der Waals surface area (Å²) in [5, 5.41) is 0.583. The quantitative estimate of drug-likeness (QED) is 0.147. The number of fused-ring (bicyclic) bond motifs is 1. The fraction of sp³-hybridized carbons (Fsp3) is 0.0286. The highest BCUT2D eigenvalue weighted by molar-refractivity contribution is 8.33. The molecular weight excluding hydrogens is 613 g/mol. The van der Waals surface area contributed by atoms with Crippen molar-refractivity contribution in [2.45, 2.75) is 31.4 Å². The number of aryl methyl sites for hydroxylation is 1. The average molecular weight is 641 g/mol. The normalized spacial score (nSPS) is 12.6. The highest BCUT2D eigenvalue weighted by Crippen LogP contribution is 2.70. The molecule has 0 radical (unpaired) electrons. The van der Waals surface area contributed by atoms with Gasteiger partial charge in [-0.2, -0.15) is 16.8 Å².